The smallest absolute Gasteiger partial charge is 0.255 e. The molecule has 0 fully saturated rings. The fourth-order valence-electron chi connectivity index (χ4n) is 2.78. The third-order valence-electron chi connectivity index (χ3n) is 4.28. The molecule has 0 aliphatic rings. The summed E-state index contributed by atoms with van der Waals surface area (Å²) in [6, 6.07) is 18.0. The van der Waals surface area contributed by atoms with Gasteiger partial charge in [-0.15, -0.1) is 0 Å². The van der Waals surface area contributed by atoms with Crippen LogP contribution in [0.3, 0.4) is 0 Å². The number of halogens is 2. The van der Waals surface area contributed by atoms with E-state index in [1.807, 2.05) is 38.1 Å². The van der Waals surface area contributed by atoms with E-state index in [2.05, 4.69) is 5.32 Å². The number of anilines is 1. The van der Waals surface area contributed by atoms with Crippen LogP contribution in [0.2, 0.25) is 10.0 Å². The maximum absolute atomic E-state index is 12.7. The Balaban J connectivity index is 1.80. The molecule has 0 saturated heterocycles. The summed E-state index contributed by atoms with van der Waals surface area (Å²) in [4.78, 5) is 12.7. The van der Waals surface area contributed by atoms with Gasteiger partial charge in [0.25, 0.3) is 5.91 Å². The fourth-order valence-corrected chi connectivity index (χ4v) is 3.08. The number of amides is 1. The van der Waals surface area contributed by atoms with Crippen LogP contribution in [0.5, 0.6) is 11.5 Å². The predicted molar refractivity (Wildman–Crippen MR) is 118 cm³/mol. The summed E-state index contributed by atoms with van der Waals surface area (Å²) in [7, 11) is 0. The first-order valence-corrected chi connectivity index (χ1v) is 9.94. The summed E-state index contributed by atoms with van der Waals surface area (Å²) in [5.41, 5.74) is 2.88. The molecule has 3 rings (SSSR count). The van der Waals surface area contributed by atoms with Crippen molar-refractivity contribution in [3.05, 3.63) is 87.4 Å². The van der Waals surface area contributed by atoms with E-state index in [9.17, 15) is 4.79 Å². The first kappa shape index (κ1) is 21.0. The van der Waals surface area contributed by atoms with Crippen LogP contribution >= 0.6 is 23.2 Å². The van der Waals surface area contributed by atoms with E-state index in [4.69, 9.17) is 32.7 Å². The van der Waals surface area contributed by atoms with Gasteiger partial charge in [0.15, 0.2) is 0 Å². The lowest BCUT2D eigenvalue weighted by Crippen LogP contribution is -2.13. The van der Waals surface area contributed by atoms with Gasteiger partial charge in [-0.25, -0.2) is 0 Å². The minimum atomic E-state index is -0.261. The van der Waals surface area contributed by atoms with E-state index in [0.717, 1.165) is 16.9 Å². The number of carbonyl (C=O) groups is 1. The molecule has 0 aliphatic carbocycles. The summed E-state index contributed by atoms with van der Waals surface area (Å²) in [5.74, 6) is 1.22. The second-order valence-electron chi connectivity index (χ2n) is 6.39. The number of ether oxygens (including phenoxy) is 2. The van der Waals surface area contributed by atoms with Gasteiger partial charge in [0.05, 0.1) is 16.7 Å². The summed E-state index contributed by atoms with van der Waals surface area (Å²) >= 11 is 11.9. The zero-order valence-electron chi connectivity index (χ0n) is 16.2. The van der Waals surface area contributed by atoms with Gasteiger partial charge >= 0.3 is 0 Å². The van der Waals surface area contributed by atoms with Gasteiger partial charge in [0.2, 0.25) is 0 Å². The van der Waals surface area contributed by atoms with Crippen LogP contribution in [0.4, 0.5) is 5.69 Å². The van der Waals surface area contributed by atoms with Crippen LogP contribution in [0.1, 0.15) is 28.4 Å². The Labute approximate surface area is 180 Å². The topological polar surface area (TPSA) is 47.6 Å². The lowest BCUT2D eigenvalue weighted by atomic mass is 10.1. The van der Waals surface area contributed by atoms with Crippen molar-refractivity contribution in [1.29, 1.82) is 0 Å². The Morgan fingerprint density at radius 1 is 0.931 bits per heavy atom. The molecule has 0 aliphatic heterocycles. The van der Waals surface area contributed by atoms with E-state index in [0.29, 0.717) is 33.7 Å². The maximum atomic E-state index is 12.7. The molecule has 0 spiro atoms. The van der Waals surface area contributed by atoms with Crippen LogP contribution < -0.4 is 14.8 Å². The molecule has 150 valence electrons. The highest BCUT2D eigenvalue weighted by Gasteiger charge is 2.13. The highest BCUT2D eigenvalue weighted by molar-refractivity contribution is 6.42. The molecule has 0 bridgehead atoms. The van der Waals surface area contributed by atoms with E-state index in [-0.39, 0.29) is 12.5 Å². The third kappa shape index (κ3) is 5.43. The average molecular weight is 430 g/mol. The predicted octanol–water partition coefficient (Wildman–Crippen LogP) is 6.53. The van der Waals surface area contributed by atoms with Crippen LogP contribution in [0, 0.1) is 6.92 Å². The van der Waals surface area contributed by atoms with Gasteiger partial charge < -0.3 is 14.8 Å². The van der Waals surface area contributed by atoms with E-state index >= 15 is 0 Å². The summed E-state index contributed by atoms with van der Waals surface area (Å²) in [5, 5.41) is 3.63. The van der Waals surface area contributed by atoms with Gasteiger partial charge in [-0.2, -0.15) is 0 Å². The number of rotatable bonds is 7. The van der Waals surface area contributed by atoms with Crippen LogP contribution in [0.15, 0.2) is 60.7 Å². The molecule has 29 heavy (non-hydrogen) atoms. The van der Waals surface area contributed by atoms with Gasteiger partial charge in [-0.05, 0) is 61.9 Å². The molecule has 0 heterocycles. The van der Waals surface area contributed by atoms with Crippen molar-refractivity contribution in [2.75, 3.05) is 11.9 Å². The van der Waals surface area contributed by atoms with Crippen molar-refractivity contribution in [2.24, 2.45) is 0 Å². The minimum absolute atomic E-state index is 0.261. The van der Waals surface area contributed by atoms with Gasteiger partial charge in [-0.1, -0.05) is 41.4 Å². The monoisotopic (exact) mass is 429 g/mol. The summed E-state index contributed by atoms with van der Waals surface area (Å²) in [6.07, 6.45) is 0. The number of hydrogen-bond donors (Lipinski definition) is 1. The molecule has 0 unspecified atom stereocenters. The molecule has 6 heteroatoms. The fraction of sp³-hybridized carbons (Fsp3) is 0.174. The second kappa shape index (κ2) is 9.68. The van der Waals surface area contributed by atoms with Crippen LogP contribution in [0.25, 0.3) is 0 Å². The molecule has 0 aromatic heterocycles. The zero-order chi connectivity index (χ0) is 20.8. The van der Waals surface area contributed by atoms with Crippen molar-refractivity contribution >= 4 is 34.8 Å². The Morgan fingerprint density at radius 3 is 2.45 bits per heavy atom. The van der Waals surface area contributed by atoms with Gasteiger partial charge in [0, 0.05) is 16.8 Å². The Bertz CT molecular complexity index is 1020. The van der Waals surface area contributed by atoms with E-state index in [1.165, 1.54) is 0 Å². The van der Waals surface area contributed by atoms with Crippen molar-refractivity contribution in [3.63, 3.8) is 0 Å². The molecule has 3 aromatic carbocycles. The molecular formula is C23H21Cl2NO3. The largest absolute Gasteiger partial charge is 0.493 e. The Kier molecular flexibility index (Phi) is 7.02. The zero-order valence-corrected chi connectivity index (χ0v) is 17.7. The summed E-state index contributed by atoms with van der Waals surface area (Å²) in [6.45, 7) is 4.71. The highest BCUT2D eigenvalue weighted by atomic mass is 35.5. The van der Waals surface area contributed by atoms with E-state index in [1.54, 1.807) is 36.4 Å². The summed E-state index contributed by atoms with van der Waals surface area (Å²) < 4.78 is 11.6. The number of carbonyl (C=O) groups excluding carboxylic acids is 1. The maximum Gasteiger partial charge on any atom is 0.255 e. The highest BCUT2D eigenvalue weighted by Crippen LogP contribution is 2.27. The SMILES string of the molecule is CCOc1ccc(C(=O)Nc2ccc(Cl)c(Cl)c2)cc1COc1ccccc1C. The molecule has 0 saturated carbocycles. The number of nitrogens with one attached hydrogen (secondary N) is 1. The molecule has 1 amide bonds. The van der Waals surface area contributed by atoms with Crippen molar-refractivity contribution in [3.8, 4) is 11.5 Å². The number of aryl methyl sites for hydroxylation is 1. The van der Waals surface area contributed by atoms with E-state index < -0.39 is 0 Å². The molecule has 4 nitrogen and oxygen atoms in total. The Hall–Kier alpha value is -2.69. The van der Waals surface area contributed by atoms with Crippen LogP contribution in [-0.4, -0.2) is 12.5 Å². The van der Waals surface area contributed by atoms with Crippen LogP contribution in [-0.2, 0) is 6.61 Å². The first-order chi connectivity index (χ1) is 14.0. The molecule has 1 N–H and O–H groups in total. The Morgan fingerprint density at radius 2 is 1.72 bits per heavy atom. The lowest BCUT2D eigenvalue weighted by molar-refractivity contribution is 0.102. The number of para-hydroxylation sites is 1. The lowest BCUT2D eigenvalue weighted by Gasteiger charge is -2.14. The second-order valence-corrected chi connectivity index (χ2v) is 7.21. The van der Waals surface area contributed by atoms with Crippen molar-refractivity contribution in [2.45, 2.75) is 20.5 Å². The quantitative estimate of drug-likeness (QED) is 0.464. The third-order valence-corrected chi connectivity index (χ3v) is 5.02. The van der Waals surface area contributed by atoms with Gasteiger partial charge in [0.1, 0.15) is 18.1 Å². The van der Waals surface area contributed by atoms with Gasteiger partial charge in [-0.3, -0.25) is 4.79 Å². The molecule has 3 aromatic rings. The average Bonchev–Trinajstić information content (AvgIpc) is 2.71. The normalized spacial score (nSPS) is 10.5. The number of benzene rings is 3. The molecule has 0 radical (unpaired) electrons. The molecular weight excluding hydrogens is 409 g/mol. The molecule has 0 atom stereocenters. The number of hydrogen-bond acceptors (Lipinski definition) is 3. The first-order valence-electron chi connectivity index (χ1n) is 9.18. The standard InChI is InChI=1S/C23H21Cl2NO3/c1-3-28-22-11-8-16(23(27)26-18-9-10-19(24)20(25)13-18)12-17(22)14-29-21-7-5-4-6-15(21)2/h4-13H,3,14H2,1-2H3,(H,26,27). The van der Waals surface area contributed by atoms with Crippen molar-refractivity contribution in [1.82, 2.24) is 0 Å². The minimum Gasteiger partial charge on any atom is -0.493 e. The van der Waals surface area contributed by atoms with Crippen molar-refractivity contribution < 1.29 is 14.3 Å².